The Morgan fingerprint density at radius 1 is 1.56 bits per heavy atom. The highest BCUT2D eigenvalue weighted by molar-refractivity contribution is 5.91. The lowest BCUT2D eigenvalue weighted by Gasteiger charge is -2.07. The van der Waals surface area contributed by atoms with Gasteiger partial charge in [-0.25, -0.2) is 9.78 Å². The molecule has 0 radical (unpaired) electrons. The number of fused-ring (bicyclic) bond motifs is 1. The van der Waals surface area contributed by atoms with E-state index in [1.807, 2.05) is 0 Å². The molecule has 0 amide bonds. The Morgan fingerprint density at radius 2 is 2.31 bits per heavy atom. The van der Waals surface area contributed by atoms with E-state index >= 15 is 0 Å². The van der Waals surface area contributed by atoms with Gasteiger partial charge in [0, 0.05) is 18.1 Å². The standard InChI is InChI=1S/C11H10N2O3/c1-2-13-9-7(4-3-5-12-9)6-8(10(13)14)11(15)16/h3-6H,2H2,1H3,(H,15,16). The fourth-order valence-electron chi connectivity index (χ4n) is 1.65. The summed E-state index contributed by atoms with van der Waals surface area (Å²) in [6.07, 6.45) is 1.58. The van der Waals surface area contributed by atoms with Gasteiger partial charge in [-0.3, -0.25) is 9.36 Å². The molecular weight excluding hydrogens is 208 g/mol. The average Bonchev–Trinajstić information content (AvgIpc) is 2.28. The quantitative estimate of drug-likeness (QED) is 0.819. The lowest BCUT2D eigenvalue weighted by Crippen LogP contribution is -2.26. The number of nitrogens with zero attached hydrogens (tertiary/aromatic N) is 2. The third kappa shape index (κ3) is 1.46. The van der Waals surface area contributed by atoms with Crippen molar-refractivity contribution in [1.29, 1.82) is 0 Å². The summed E-state index contributed by atoms with van der Waals surface area (Å²) in [5.41, 5.74) is -0.219. The SMILES string of the molecule is CCn1c(=O)c(C(=O)O)cc2cccnc21. The first-order valence-corrected chi connectivity index (χ1v) is 4.87. The molecule has 0 spiro atoms. The lowest BCUT2D eigenvalue weighted by molar-refractivity contribution is 0.0694. The van der Waals surface area contributed by atoms with Crippen LogP contribution in [0.2, 0.25) is 0 Å². The van der Waals surface area contributed by atoms with Crippen molar-refractivity contribution in [2.75, 3.05) is 0 Å². The number of rotatable bonds is 2. The maximum Gasteiger partial charge on any atom is 0.341 e. The predicted octanol–water partition coefficient (Wildman–Crippen LogP) is 1.11. The molecule has 5 heteroatoms. The van der Waals surface area contributed by atoms with E-state index in [1.54, 1.807) is 25.3 Å². The van der Waals surface area contributed by atoms with Gasteiger partial charge >= 0.3 is 5.97 Å². The van der Waals surface area contributed by atoms with E-state index in [1.165, 1.54) is 10.6 Å². The molecule has 2 aromatic rings. The highest BCUT2D eigenvalue weighted by Crippen LogP contribution is 2.10. The van der Waals surface area contributed by atoms with Crippen molar-refractivity contribution < 1.29 is 9.90 Å². The van der Waals surface area contributed by atoms with Crippen LogP contribution in [0.1, 0.15) is 17.3 Å². The molecule has 0 aromatic carbocycles. The molecule has 0 aliphatic heterocycles. The number of aryl methyl sites for hydroxylation is 1. The summed E-state index contributed by atoms with van der Waals surface area (Å²) < 4.78 is 1.36. The van der Waals surface area contributed by atoms with E-state index in [-0.39, 0.29) is 5.56 Å². The van der Waals surface area contributed by atoms with Crippen LogP contribution in [0.3, 0.4) is 0 Å². The first kappa shape index (κ1) is 10.4. The second-order valence-electron chi connectivity index (χ2n) is 3.33. The van der Waals surface area contributed by atoms with Gasteiger partial charge < -0.3 is 5.11 Å². The third-order valence-electron chi connectivity index (χ3n) is 2.39. The first-order valence-electron chi connectivity index (χ1n) is 4.87. The Hall–Kier alpha value is -2.17. The Bertz CT molecular complexity index is 616. The maximum absolute atomic E-state index is 11.8. The molecule has 0 fully saturated rings. The molecule has 1 N–H and O–H groups in total. The van der Waals surface area contributed by atoms with Crippen LogP contribution in [0.5, 0.6) is 0 Å². The predicted molar refractivity (Wildman–Crippen MR) is 58.6 cm³/mol. The van der Waals surface area contributed by atoms with E-state index in [9.17, 15) is 9.59 Å². The second-order valence-corrected chi connectivity index (χ2v) is 3.33. The number of carboxylic acids is 1. The van der Waals surface area contributed by atoms with Crippen molar-refractivity contribution in [2.45, 2.75) is 13.5 Å². The zero-order chi connectivity index (χ0) is 11.7. The monoisotopic (exact) mass is 218 g/mol. The Morgan fingerprint density at radius 3 is 2.94 bits per heavy atom. The largest absolute Gasteiger partial charge is 0.477 e. The van der Waals surface area contributed by atoms with Crippen LogP contribution >= 0.6 is 0 Å². The highest BCUT2D eigenvalue weighted by Gasteiger charge is 2.13. The van der Waals surface area contributed by atoms with E-state index in [0.29, 0.717) is 17.6 Å². The molecule has 2 heterocycles. The molecule has 16 heavy (non-hydrogen) atoms. The summed E-state index contributed by atoms with van der Waals surface area (Å²) in [6.45, 7) is 2.18. The summed E-state index contributed by atoms with van der Waals surface area (Å²) in [5.74, 6) is -1.21. The molecule has 0 saturated heterocycles. The van der Waals surface area contributed by atoms with Crippen LogP contribution in [-0.2, 0) is 6.54 Å². The van der Waals surface area contributed by atoms with E-state index in [2.05, 4.69) is 4.98 Å². The minimum atomic E-state index is -1.21. The van der Waals surface area contributed by atoms with Crippen molar-refractivity contribution in [2.24, 2.45) is 0 Å². The highest BCUT2D eigenvalue weighted by atomic mass is 16.4. The molecular formula is C11H10N2O3. The molecule has 0 aliphatic carbocycles. The Balaban J connectivity index is 2.94. The van der Waals surface area contributed by atoms with Gasteiger partial charge in [0.1, 0.15) is 11.2 Å². The first-order chi connectivity index (χ1) is 7.65. The summed E-state index contributed by atoms with van der Waals surface area (Å²) >= 11 is 0. The molecule has 0 atom stereocenters. The van der Waals surface area contributed by atoms with Crippen LogP contribution < -0.4 is 5.56 Å². The minimum Gasteiger partial charge on any atom is -0.477 e. The van der Waals surface area contributed by atoms with Crippen LogP contribution in [-0.4, -0.2) is 20.6 Å². The summed E-state index contributed by atoms with van der Waals surface area (Å²) in [6, 6.07) is 4.80. The van der Waals surface area contributed by atoms with Gasteiger partial charge in [-0.15, -0.1) is 0 Å². The molecule has 0 unspecified atom stereocenters. The van der Waals surface area contributed by atoms with Crippen molar-refractivity contribution in [3.8, 4) is 0 Å². The molecule has 2 rings (SSSR count). The third-order valence-corrected chi connectivity index (χ3v) is 2.39. The van der Waals surface area contributed by atoms with E-state index in [0.717, 1.165) is 0 Å². The zero-order valence-electron chi connectivity index (χ0n) is 8.67. The molecule has 0 bridgehead atoms. The number of pyridine rings is 2. The van der Waals surface area contributed by atoms with Crippen molar-refractivity contribution in [1.82, 2.24) is 9.55 Å². The minimum absolute atomic E-state index is 0.220. The van der Waals surface area contributed by atoms with Gasteiger partial charge in [0.25, 0.3) is 5.56 Å². The van der Waals surface area contributed by atoms with Gasteiger partial charge in [-0.1, -0.05) is 0 Å². The zero-order valence-corrected chi connectivity index (χ0v) is 8.67. The maximum atomic E-state index is 11.8. The lowest BCUT2D eigenvalue weighted by atomic mass is 10.2. The Labute approximate surface area is 91.0 Å². The molecule has 0 aliphatic rings. The molecule has 2 aromatic heterocycles. The summed E-state index contributed by atoms with van der Waals surface area (Å²) in [4.78, 5) is 26.8. The van der Waals surface area contributed by atoms with E-state index in [4.69, 9.17) is 5.11 Å². The fraction of sp³-hybridized carbons (Fsp3) is 0.182. The normalized spacial score (nSPS) is 10.6. The van der Waals surface area contributed by atoms with Gasteiger partial charge in [-0.2, -0.15) is 0 Å². The van der Waals surface area contributed by atoms with Gasteiger partial charge in [0.05, 0.1) is 0 Å². The van der Waals surface area contributed by atoms with E-state index < -0.39 is 11.5 Å². The number of carbonyl (C=O) groups is 1. The van der Waals surface area contributed by atoms with Gasteiger partial charge in [0.2, 0.25) is 0 Å². The summed E-state index contributed by atoms with van der Waals surface area (Å²) in [7, 11) is 0. The van der Waals surface area contributed by atoms with Crippen molar-refractivity contribution in [3.05, 3.63) is 40.3 Å². The van der Waals surface area contributed by atoms with Gasteiger partial charge in [-0.05, 0) is 25.1 Å². The van der Waals surface area contributed by atoms with Crippen molar-refractivity contribution >= 4 is 17.0 Å². The summed E-state index contributed by atoms with van der Waals surface area (Å²) in [5, 5.41) is 9.57. The van der Waals surface area contributed by atoms with Crippen LogP contribution in [0, 0.1) is 0 Å². The molecule has 5 nitrogen and oxygen atoms in total. The van der Waals surface area contributed by atoms with Crippen LogP contribution in [0.4, 0.5) is 0 Å². The van der Waals surface area contributed by atoms with Crippen molar-refractivity contribution in [3.63, 3.8) is 0 Å². The fourth-order valence-corrected chi connectivity index (χ4v) is 1.65. The topological polar surface area (TPSA) is 72.2 Å². The Kier molecular flexibility index (Phi) is 2.44. The molecule has 0 saturated carbocycles. The number of aromatic nitrogens is 2. The number of aromatic carboxylic acids is 1. The number of hydrogen-bond acceptors (Lipinski definition) is 3. The smallest absolute Gasteiger partial charge is 0.341 e. The molecule has 82 valence electrons. The second kappa shape index (κ2) is 3.77. The number of hydrogen-bond donors (Lipinski definition) is 1. The van der Waals surface area contributed by atoms with Gasteiger partial charge in [0.15, 0.2) is 0 Å². The van der Waals surface area contributed by atoms with Crippen LogP contribution in [0.15, 0.2) is 29.2 Å². The van der Waals surface area contributed by atoms with Crippen LogP contribution in [0.25, 0.3) is 11.0 Å². The number of carboxylic acid groups (broad SMARTS) is 1. The average molecular weight is 218 g/mol.